The summed E-state index contributed by atoms with van der Waals surface area (Å²) in [5, 5.41) is 3.66. The van der Waals surface area contributed by atoms with Crippen LogP contribution in [0.25, 0.3) is 0 Å². The molecule has 2 fully saturated rings. The highest BCUT2D eigenvalue weighted by Gasteiger charge is 2.23. The number of hydrogen-bond donors (Lipinski definition) is 2. The van der Waals surface area contributed by atoms with Gasteiger partial charge in [-0.15, -0.1) is 0 Å². The smallest absolute Gasteiger partial charge is 0.0726 e. The van der Waals surface area contributed by atoms with Crippen molar-refractivity contribution < 1.29 is 4.74 Å². The van der Waals surface area contributed by atoms with Gasteiger partial charge in [0.2, 0.25) is 0 Å². The molecule has 1 aromatic carbocycles. The molecule has 0 spiro atoms. The van der Waals surface area contributed by atoms with Crippen LogP contribution in [0, 0.1) is 12.8 Å². The molecule has 2 atom stereocenters. The van der Waals surface area contributed by atoms with Gasteiger partial charge in [0.25, 0.3) is 0 Å². The first-order valence-electron chi connectivity index (χ1n) is 9.51. The molecule has 4 nitrogen and oxygen atoms in total. The first kappa shape index (κ1) is 17.6. The minimum Gasteiger partial charge on any atom is -0.385 e. The van der Waals surface area contributed by atoms with Gasteiger partial charge in [-0.3, -0.25) is 0 Å². The van der Waals surface area contributed by atoms with E-state index in [2.05, 4.69) is 49.2 Å². The predicted octanol–water partition coefficient (Wildman–Crippen LogP) is 3.54. The molecule has 0 bridgehead atoms. The van der Waals surface area contributed by atoms with Crippen LogP contribution in [0.2, 0.25) is 0 Å². The fourth-order valence-corrected chi connectivity index (χ4v) is 4.08. The summed E-state index contributed by atoms with van der Waals surface area (Å²) >= 11 is 0. The maximum atomic E-state index is 6.00. The van der Waals surface area contributed by atoms with Gasteiger partial charge in [0.1, 0.15) is 0 Å². The predicted molar refractivity (Wildman–Crippen MR) is 102 cm³/mol. The first-order valence-corrected chi connectivity index (χ1v) is 9.51. The molecule has 0 unspecified atom stereocenters. The summed E-state index contributed by atoms with van der Waals surface area (Å²) < 4.78 is 5.84. The summed E-state index contributed by atoms with van der Waals surface area (Å²) in [7, 11) is 0. The number of benzene rings is 1. The van der Waals surface area contributed by atoms with E-state index in [-0.39, 0.29) is 0 Å². The number of nitrogens with zero attached hydrogens (tertiary/aromatic N) is 1. The van der Waals surface area contributed by atoms with Crippen molar-refractivity contribution in [3.8, 4) is 0 Å². The minimum atomic E-state index is 0.296. The van der Waals surface area contributed by atoms with Gasteiger partial charge < -0.3 is 20.7 Å². The number of ether oxygens (including phenoxy) is 1. The molecule has 1 aliphatic heterocycles. The highest BCUT2D eigenvalue weighted by Crippen LogP contribution is 2.27. The van der Waals surface area contributed by atoms with E-state index in [0.717, 1.165) is 25.6 Å². The Labute approximate surface area is 146 Å². The van der Waals surface area contributed by atoms with Crippen molar-refractivity contribution >= 4 is 11.4 Å². The number of nitrogens with one attached hydrogen (secondary N) is 1. The van der Waals surface area contributed by atoms with Crippen molar-refractivity contribution in [1.82, 2.24) is 0 Å². The molecule has 134 valence electrons. The molecule has 1 saturated heterocycles. The average molecular weight is 332 g/mol. The van der Waals surface area contributed by atoms with Crippen LogP contribution in [-0.4, -0.2) is 37.9 Å². The highest BCUT2D eigenvalue weighted by molar-refractivity contribution is 5.60. The summed E-state index contributed by atoms with van der Waals surface area (Å²) in [6.45, 7) is 9.52. The van der Waals surface area contributed by atoms with Crippen LogP contribution in [0.3, 0.4) is 0 Å². The second kappa shape index (κ2) is 7.75. The van der Waals surface area contributed by atoms with Gasteiger partial charge in [0, 0.05) is 37.1 Å². The molecule has 1 aromatic rings. The van der Waals surface area contributed by atoms with Crippen molar-refractivity contribution in [3.05, 3.63) is 23.8 Å². The molecule has 0 amide bonds. The van der Waals surface area contributed by atoms with Gasteiger partial charge in [-0.05, 0) is 76.1 Å². The number of aryl methyl sites for hydroxylation is 1. The lowest BCUT2D eigenvalue weighted by atomic mass is 9.86. The molecule has 3 rings (SSSR count). The van der Waals surface area contributed by atoms with Crippen molar-refractivity contribution in [3.63, 3.8) is 0 Å². The number of anilines is 2. The second-order valence-corrected chi connectivity index (χ2v) is 7.82. The van der Waals surface area contributed by atoms with Crippen LogP contribution in [0.5, 0.6) is 0 Å². The zero-order chi connectivity index (χ0) is 17.1. The summed E-state index contributed by atoms with van der Waals surface area (Å²) in [6, 6.07) is 7.23. The normalized spacial score (nSPS) is 31.1. The Morgan fingerprint density at radius 3 is 2.42 bits per heavy atom. The third-order valence-corrected chi connectivity index (χ3v) is 5.47. The average Bonchev–Trinajstić information content (AvgIpc) is 2.54. The van der Waals surface area contributed by atoms with E-state index in [4.69, 9.17) is 10.5 Å². The third kappa shape index (κ3) is 4.42. The molecular weight excluding hydrogens is 298 g/mol. The molecule has 0 aromatic heterocycles. The topological polar surface area (TPSA) is 50.5 Å². The lowest BCUT2D eigenvalue weighted by molar-refractivity contribution is -0.00521. The number of nitrogens with two attached hydrogens (primary N) is 1. The van der Waals surface area contributed by atoms with Crippen LogP contribution < -0.4 is 16.0 Å². The number of hydrogen-bond acceptors (Lipinski definition) is 4. The zero-order valence-corrected chi connectivity index (χ0v) is 15.4. The van der Waals surface area contributed by atoms with Crippen LogP contribution in [-0.2, 0) is 4.74 Å². The van der Waals surface area contributed by atoms with Crippen molar-refractivity contribution in [1.29, 1.82) is 0 Å². The monoisotopic (exact) mass is 331 g/mol. The molecular formula is C20H33N3O. The summed E-state index contributed by atoms with van der Waals surface area (Å²) in [5.74, 6) is 0.768. The molecule has 24 heavy (non-hydrogen) atoms. The van der Waals surface area contributed by atoms with Crippen LogP contribution >= 0.6 is 0 Å². The number of morpholine rings is 1. The maximum absolute atomic E-state index is 6.00. The Morgan fingerprint density at radius 2 is 1.79 bits per heavy atom. The largest absolute Gasteiger partial charge is 0.385 e. The quantitative estimate of drug-likeness (QED) is 0.886. The molecule has 2 aliphatic rings. The van der Waals surface area contributed by atoms with E-state index in [1.807, 2.05) is 0 Å². The lowest BCUT2D eigenvalue weighted by Crippen LogP contribution is -2.45. The van der Waals surface area contributed by atoms with E-state index >= 15 is 0 Å². The molecule has 1 saturated carbocycles. The fraction of sp³-hybridized carbons (Fsp3) is 0.700. The van der Waals surface area contributed by atoms with Crippen molar-refractivity contribution in [2.24, 2.45) is 11.7 Å². The van der Waals surface area contributed by atoms with Crippen LogP contribution in [0.1, 0.15) is 45.1 Å². The van der Waals surface area contributed by atoms with E-state index in [1.54, 1.807) is 0 Å². The summed E-state index contributed by atoms with van der Waals surface area (Å²) in [5.41, 5.74) is 9.90. The Morgan fingerprint density at radius 1 is 1.12 bits per heavy atom. The van der Waals surface area contributed by atoms with Crippen LogP contribution in [0.4, 0.5) is 11.4 Å². The Kier molecular flexibility index (Phi) is 5.67. The summed E-state index contributed by atoms with van der Waals surface area (Å²) in [4.78, 5) is 2.44. The minimum absolute atomic E-state index is 0.296. The Bertz CT molecular complexity index is 530. The molecule has 1 aliphatic carbocycles. The SMILES string of the molecule is Cc1cc(N2C[C@@H](C)O[C@H](C)C2)ccc1NCC1CCC(N)CC1. The van der Waals surface area contributed by atoms with E-state index < -0.39 is 0 Å². The molecule has 0 radical (unpaired) electrons. The van der Waals surface area contributed by atoms with E-state index in [1.165, 1.54) is 42.6 Å². The zero-order valence-electron chi connectivity index (χ0n) is 15.4. The molecule has 3 N–H and O–H groups in total. The Hall–Kier alpha value is -1.26. The highest BCUT2D eigenvalue weighted by atomic mass is 16.5. The van der Waals surface area contributed by atoms with Gasteiger partial charge in [0.15, 0.2) is 0 Å². The van der Waals surface area contributed by atoms with Crippen molar-refractivity contribution in [2.75, 3.05) is 29.9 Å². The molecule has 1 heterocycles. The van der Waals surface area contributed by atoms with E-state index in [9.17, 15) is 0 Å². The van der Waals surface area contributed by atoms with Gasteiger partial charge in [-0.1, -0.05) is 0 Å². The second-order valence-electron chi connectivity index (χ2n) is 7.82. The van der Waals surface area contributed by atoms with Crippen molar-refractivity contribution in [2.45, 2.75) is 64.7 Å². The maximum Gasteiger partial charge on any atom is 0.0726 e. The van der Waals surface area contributed by atoms with Gasteiger partial charge in [0.05, 0.1) is 12.2 Å². The van der Waals surface area contributed by atoms with Gasteiger partial charge >= 0.3 is 0 Å². The first-order chi connectivity index (χ1) is 11.5. The standard InChI is InChI=1S/C20H33N3O/c1-14-10-19(23-12-15(2)24-16(3)13-23)8-9-20(14)22-11-17-4-6-18(21)7-5-17/h8-10,15-18,22H,4-7,11-13,21H2,1-3H3/t15-,16-,17?,18?/m1/s1. The lowest BCUT2D eigenvalue weighted by Gasteiger charge is -2.37. The van der Waals surface area contributed by atoms with Gasteiger partial charge in [-0.2, -0.15) is 0 Å². The number of rotatable bonds is 4. The molecule has 4 heteroatoms. The van der Waals surface area contributed by atoms with Gasteiger partial charge in [-0.25, -0.2) is 0 Å². The summed E-state index contributed by atoms with van der Waals surface area (Å²) in [6.07, 6.45) is 5.47. The third-order valence-electron chi connectivity index (χ3n) is 5.47. The van der Waals surface area contributed by atoms with Crippen LogP contribution in [0.15, 0.2) is 18.2 Å². The fourth-order valence-electron chi connectivity index (χ4n) is 4.08. The van der Waals surface area contributed by atoms with E-state index in [0.29, 0.717) is 18.2 Å². The Balaban J connectivity index is 1.58.